The molecule has 0 saturated heterocycles. The highest BCUT2D eigenvalue weighted by molar-refractivity contribution is 6.01. The number of aromatic nitrogens is 2. The number of ether oxygens (including phenoxy) is 2. The molecule has 0 aliphatic rings. The number of esters is 1. The third-order valence-corrected chi connectivity index (χ3v) is 5.57. The van der Waals surface area contributed by atoms with Crippen LogP contribution in [0.3, 0.4) is 0 Å². The van der Waals surface area contributed by atoms with E-state index in [-0.39, 0.29) is 18.0 Å². The lowest BCUT2D eigenvalue weighted by Gasteiger charge is -2.16. The standard InChI is InChI=1S/C27H25F3N4O3/c1-34(2)12-13-37-21-15-19(27(28,29)30)14-20(16-21)31-25-23-7-5-4-6-22(23)24(32-33-25)17-8-10-18(11-9-17)26(35)36-3/h4-11,14-16H,12-13H2,1-3H3,(H,31,33). The van der Waals surface area contributed by atoms with E-state index in [2.05, 4.69) is 15.5 Å². The Hall–Kier alpha value is -4.18. The van der Waals surface area contributed by atoms with Gasteiger partial charge in [0.05, 0.1) is 18.2 Å². The number of methoxy groups -OCH3 is 1. The van der Waals surface area contributed by atoms with Gasteiger partial charge in [0.2, 0.25) is 0 Å². The minimum Gasteiger partial charge on any atom is -0.492 e. The van der Waals surface area contributed by atoms with Gasteiger partial charge in [-0.3, -0.25) is 0 Å². The van der Waals surface area contributed by atoms with Crippen LogP contribution < -0.4 is 10.1 Å². The highest BCUT2D eigenvalue weighted by Crippen LogP contribution is 2.36. The summed E-state index contributed by atoms with van der Waals surface area (Å²) in [5.41, 5.74) is 1.02. The number of alkyl halides is 3. The maximum absolute atomic E-state index is 13.6. The summed E-state index contributed by atoms with van der Waals surface area (Å²) in [7, 11) is 5.01. The molecule has 1 heterocycles. The van der Waals surface area contributed by atoms with Gasteiger partial charge in [-0.05, 0) is 38.4 Å². The topological polar surface area (TPSA) is 76.6 Å². The van der Waals surface area contributed by atoms with Crippen LogP contribution in [0.1, 0.15) is 15.9 Å². The van der Waals surface area contributed by atoms with E-state index in [1.165, 1.54) is 13.2 Å². The number of hydrogen-bond donors (Lipinski definition) is 1. The number of rotatable bonds is 8. The summed E-state index contributed by atoms with van der Waals surface area (Å²) in [5, 5.41) is 13.0. The molecule has 0 aliphatic heterocycles. The van der Waals surface area contributed by atoms with E-state index in [4.69, 9.17) is 9.47 Å². The van der Waals surface area contributed by atoms with Crippen molar-refractivity contribution in [3.8, 4) is 17.0 Å². The van der Waals surface area contributed by atoms with Crippen LogP contribution in [-0.2, 0) is 10.9 Å². The monoisotopic (exact) mass is 510 g/mol. The predicted molar refractivity (Wildman–Crippen MR) is 135 cm³/mol. The molecule has 0 spiro atoms. The van der Waals surface area contributed by atoms with Gasteiger partial charge in [-0.15, -0.1) is 10.2 Å². The van der Waals surface area contributed by atoms with Gasteiger partial charge >= 0.3 is 12.1 Å². The number of fused-ring (bicyclic) bond motifs is 1. The third-order valence-electron chi connectivity index (χ3n) is 5.57. The van der Waals surface area contributed by atoms with E-state index < -0.39 is 17.7 Å². The Bertz CT molecular complexity index is 1410. The molecule has 0 amide bonds. The summed E-state index contributed by atoms with van der Waals surface area (Å²) in [4.78, 5) is 13.6. The molecule has 0 bridgehead atoms. The molecule has 0 atom stereocenters. The summed E-state index contributed by atoms with van der Waals surface area (Å²) in [5.74, 6) is -0.0592. The summed E-state index contributed by atoms with van der Waals surface area (Å²) >= 11 is 0. The fourth-order valence-corrected chi connectivity index (χ4v) is 3.69. The Morgan fingerprint density at radius 3 is 2.32 bits per heavy atom. The van der Waals surface area contributed by atoms with Crippen molar-refractivity contribution < 1.29 is 27.4 Å². The lowest BCUT2D eigenvalue weighted by molar-refractivity contribution is -0.137. The molecule has 4 aromatic rings. The van der Waals surface area contributed by atoms with Crippen molar-refractivity contribution in [1.82, 2.24) is 15.1 Å². The van der Waals surface area contributed by atoms with Crippen molar-refractivity contribution in [2.75, 3.05) is 39.7 Å². The first kappa shape index (κ1) is 25.9. The molecule has 4 rings (SSSR count). The van der Waals surface area contributed by atoms with E-state index in [1.807, 2.05) is 31.1 Å². The fraction of sp³-hybridized carbons (Fsp3) is 0.222. The molecule has 10 heteroatoms. The smallest absolute Gasteiger partial charge is 0.416 e. The van der Waals surface area contributed by atoms with Gasteiger partial charge < -0.3 is 19.7 Å². The van der Waals surface area contributed by atoms with Gasteiger partial charge in [0.25, 0.3) is 0 Å². The number of halogens is 3. The SMILES string of the molecule is COC(=O)c1ccc(-c2nnc(Nc3cc(OCCN(C)C)cc(C(F)(F)F)c3)c3ccccc23)cc1. The molecule has 192 valence electrons. The van der Waals surface area contributed by atoms with Crippen LogP contribution in [0, 0.1) is 0 Å². The Balaban J connectivity index is 1.70. The second-order valence-corrected chi connectivity index (χ2v) is 8.53. The van der Waals surface area contributed by atoms with Crippen molar-refractivity contribution in [2.45, 2.75) is 6.18 Å². The molecular weight excluding hydrogens is 485 g/mol. The molecule has 37 heavy (non-hydrogen) atoms. The van der Waals surface area contributed by atoms with Gasteiger partial charge in [-0.1, -0.05) is 36.4 Å². The van der Waals surface area contributed by atoms with Crippen LogP contribution in [0.4, 0.5) is 24.7 Å². The van der Waals surface area contributed by atoms with Crippen molar-refractivity contribution in [1.29, 1.82) is 0 Å². The van der Waals surface area contributed by atoms with Crippen LogP contribution in [-0.4, -0.2) is 55.4 Å². The Morgan fingerprint density at radius 2 is 1.68 bits per heavy atom. The van der Waals surface area contributed by atoms with E-state index in [9.17, 15) is 18.0 Å². The van der Waals surface area contributed by atoms with Gasteiger partial charge in [0, 0.05) is 34.6 Å². The van der Waals surface area contributed by atoms with Gasteiger partial charge in [-0.2, -0.15) is 13.2 Å². The highest BCUT2D eigenvalue weighted by Gasteiger charge is 2.31. The summed E-state index contributed by atoms with van der Waals surface area (Å²) in [6.45, 7) is 0.789. The number of hydrogen-bond acceptors (Lipinski definition) is 7. The van der Waals surface area contributed by atoms with Crippen molar-refractivity contribution in [3.63, 3.8) is 0 Å². The largest absolute Gasteiger partial charge is 0.492 e. The predicted octanol–water partition coefficient (Wildman–Crippen LogP) is 5.79. The molecule has 1 aromatic heterocycles. The van der Waals surface area contributed by atoms with Crippen LogP contribution in [0.2, 0.25) is 0 Å². The molecule has 0 aliphatic carbocycles. The number of anilines is 2. The first-order valence-electron chi connectivity index (χ1n) is 11.4. The lowest BCUT2D eigenvalue weighted by atomic mass is 10.0. The van der Waals surface area contributed by atoms with Crippen molar-refractivity contribution in [3.05, 3.63) is 77.9 Å². The maximum atomic E-state index is 13.6. The van der Waals surface area contributed by atoms with Gasteiger partial charge in [0.1, 0.15) is 18.1 Å². The zero-order chi connectivity index (χ0) is 26.6. The van der Waals surface area contributed by atoms with Crippen LogP contribution in [0.25, 0.3) is 22.0 Å². The van der Waals surface area contributed by atoms with E-state index in [1.54, 1.807) is 36.4 Å². The molecule has 7 nitrogen and oxygen atoms in total. The fourth-order valence-electron chi connectivity index (χ4n) is 3.69. The highest BCUT2D eigenvalue weighted by atomic mass is 19.4. The molecule has 0 radical (unpaired) electrons. The normalized spacial score (nSPS) is 11.5. The average Bonchev–Trinajstić information content (AvgIpc) is 2.88. The van der Waals surface area contributed by atoms with E-state index in [0.29, 0.717) is 29.0 Å². The number of carbonyl (C=O) groups excluding carboxylic acids is 1. The average molecular weight is 511 g/mol. The maximum Gasteiger partial charge on any atom is 0.416 e. The third kappa shape index (κ3) is 6.15. The van der Waals surface area contributed by atoms with Gasteiger partial charge in [0.15, 0.2) is 5.82 Å². The molecular formula is C27H25F3N4O3. The van der Waals surface area contributed by atoms with Crippen LogP contribution >= 0.6 is 0 Å². The first-order chi connectivity index (χ1) is 17.7. The Kier molecular flexibility index (Phi) is 7.58. The second kappa shape index (κ2) is 10.8. The molecule has 0 unspecified atom stereocenters. The number of carbonyl (C=O) groups is 1. The number of benzene rings is 3. The van der Waals surface area contributed by atoms with E-state index in [0.717, 1.165) is 23.1 Å². The summed E-state index contributed by atoms with van der Waals surface area (Å²) in [6.07, 6.45) is -4.55. The van der Waals surface area contributed by atoms with Crippen LogP contribution in [0.15, 0.2) is 66.7 Å². The Morgan fingerprint density at radius 1 is 0.973 bits per heavy atom. The molecule has 1 N–H and O–H groups in total. The van der Waals surface area contributed by atoms with Crippen LogP contribution in [0.5, 0.6) is 5.75 Å². The molecule has 0 fully saturated rings. The zero-order valence-electron chi connectivity index (χ0n) is 20.5. The van der Waals surface area contributed by atoms with Gasteiger partial charge in [-0.25, -0.2) is 4.79 Å². The number of nitrogens with zero attached hydrogens (tertiary/aromatic N) is 3. The first-order valence-corrected chi connectivity index (χ1v) is 11.4. The number of likely N-dealkylation sites (N-methyl/N-ethyl adjacent to an activating group) is 1. The Labute approximate surface area is 211 Å². The van der Waals surface area contributed by atoms with Crippen molar-refractivity contribution >= 4 is 28.2 Å². The minimum absolute atomic E-state index is 0.0961. The summed E-state index contributed by atoms with van der Waals surface area (Å²) in [6, 6.07) is 17.5. The minimum atomic E-state index is -4.55. The lowest BCUT2D eigenvalue weighted by Crippen LogP contribution is -2.19. The van der Waals surface area contributed by atoms with Crippen molar-refractivity contribution in [2.24, 2.45) is 0 Å². The quantitative estimate of drug-likeness (QED) is 0.301. The second-order valence-electron chi connectivity index (χ2n) is 8.53. The summed E-state index contributed by atoms with van der Waals surface area (Å²) < 4.78 is 51.1. The molecule has 3 aromatic carbocycles. The van der Waals surface area contributed by atoms with E-state index >= 15 is 0 Å². The number of nitrogens with one attached hydrogen (secondary N) is 1. The molecule has 0 saturated carbocycles. The zero-order valence-corrected chi connectivity index (χ0v) is 20.5.